The molecule has 0 radical (unpaired) electrons. The molecule has 5 nitrogen and oxygen atoms in total. The highest BCUT2D eigenvalue weighted by atomic mass is 16.5. The first-order valence-corrected chi connectivity index (χ1v) is 9.06. The Bertz CT molecular complexity index is 449. The summed E-state index contributed by atoms with van der Waals surface area (Å²) in [5.41, 5.74) is 0. The SMILES string of the molecule is O=C1CCCN1CCCN(C(=O)C1CC=CC1)C1CCOCC1. The molecule has 3 aliphatic rings. The number of nitrogens with zero attached hydrogens (tertiary/aromatic N) is 2. The van der Waals surface area contributed by atoms with Crippen molar-refractivity contribution in [2.75, 3.05) is 32.8 Å². The van der Waals surface area contributed by atoms with Crippen molar-refractivity contribution in [3.8, 4) is 0 Å². The van der Waals surface area contributed by atoms with Crippen LogP contribution in [-0.4, -0.2) is 60.5 Å². The van der Waals surface area contributed by atoms with E-state index in [1.165, 1.54) is 0 Å². The van der Waals surface area contributed by atoms with E-state index in [1.54, 1.807) is 0 Å². The molecule has 0 N–H and O–H groups in total. The van der Waals surface area contributed by atoms with E-state index in [0.717, 1.165) is 71.4 Å². The first kappa shape index (κ1) is 16.5. The smallest absolute Gasteiger partial charge is 0.226 e. The molecule has 3 rings (SSSR count). The summed E-state index contributed by atoms with van der Waals surface area (Å²) in [6, 6.07) is 0.311. The minimum absolute atomic E-state index is 0.131. The number of allylic oxidation sites excluding steroid dienone is 2. The van der Waals surface area contributed by atoms with Gasteiger partial charge in [0.15, 0.2) is 0 Å². The molecule has 0 saturated carbocycles. The third-order valence-electron chi connectivity index (χ3n) is 5.27. The van der Waals surface area contributed by atoms with Crippen LogP contribution >= 0.6 is 0 Å². The topological polar surface area (TPSA) is 49.9 Å². The predicted octanol–water partition coefficient (Wildman–Crippen LogP) is 1.97. The molecule has 2 amide bonds. The van der Waals surface area contributed by atoms with Crippen molar-refractivity contribution >= 4 is 11.8 Å². The Balaban J connectivity index is 1.55. The zero-order valence-electron chi connectivity index (χ0n) is 13.9. The highest BCUT2D eigenvalue weighted by molar-refractivity contribution is 5.80. The van der Waals surface area contributed by atoms with Gasteiger partial charge in [0.1, 0.15) is 0 Å². The van der Waals surface area contributed by atoms with Gasteiger partial charge in [-0.3, -0.25) is 9.59 Å². The fourth-order valence-corrected chi connectivity index (χ4v) is 3.90. The number of amides is 2. The zero-order chi connectivity index (χ0) is 16.1. The second kappa shape index (κ2) is 7.95. The van der Waals surface area contributed by atoms with Gasteiger partial charge in [0, 0.05) is 51.2 Å². The molecule has 23 heavy (non-hydrogen) atoms. The Morgan fingerprint density at radius 3 is 2.65 bits per heavy atom. The van der Waals surface area contributed by atoms with Crippen LogP contribution in [-0.2, 0) is 14.3 Å². The maximum absolute atomic E-state index is 12.9. The lowest BCUT2D eigenvalue weighted by Crippen LogP contribution is -2.46. The summed E-state index contributed by atoms with van der Waals surface area (Å²) in [7, 11) is 0. The summed E-state index contributed by atoms with van der Waals surface area (Å²) in [4.78, 5) is 28.7. The second-order valence-corrected chi connectivity index (χ2v) is 6.85. The van der Waals surface area contributed by atoms with E-state index < -0.39 is 0 Å². The monoisotopic (exact) mass is 320 g/mol. The van der Waals surface area contributed by atoms with E-state index >= 15 is 0 Å². The molecule has 0 aromatic rings. The lowest BCUT2D eigenvalue weighted by atomic mass is 10.0. The van der Waals surface area contributed by atoms with Crippen molar-refractivity contribution < 1.29 is 14.3 Å². The van der Waals surface area contributed by atoms with Crippen molar-refractivity contribution in [2.45, 2.75) is 51.0 Å². The predicted molar refractivity (Wildman–Crippen MR) is 87.8 cm³/mol. The molecule has 0 aromatic carbocycles. The highest BCUT2D eigenvalue weighted by Gasteiger charge is 2.31. The van der Waals surface area contributed by atoms with Crippen LogP contribution in [0.3, 0.4) is 0 Å². The largest absolute Gasteiger partial charge is 0.381 e. The molecular weight excluding hydrogens is 292 g/mol. The number of hydrogen-bond acceptors (Lipinski definition) is 3. The molecule has 0 aromatic heterocycles. The van der Waals surface area contributed by atoms with Crippen LogP contribution in [0.5, 0.6) is 0 Å². The van der Waals surface area contributed by atoms with Gasteiger partial charge in [-0.1, -0.05) is 12.2 Å². The zero-order valence-corrected chi connectivity index (χ0v) is 13.9. The summed E-state index contributed by atoms with van der Waals surface area (Å²) in [5.74, 6) is 0.704. The van der Waals surface area contributed by atoms with Crippen LogP contribution in [0.4, 0.5) is 0 Å². The van der Waals surface area contributed by atoms with E-state index in [-0.39, 0.29) is 11.8 Å². The summed E-state index contributed by atoms with van der Waals surface area (Å²) >= 11 is 0. The fraction of sp³-hybridized carbons (Fsp3) is 0.778. The van der Waals surface area contributed by atoms with Crippen LogP contribution in [0.1, 0.15) is 44.9 Å². The molecule has 0 unspecified atom stereocenters. The van der Waals surface area contributed by atoms with E-state index in [4.69, 9.17) is 4.74 Å². The average Bonchev–Trinajstić information content (AvgIpc) is 3.24. The first-order valence-electron chi connectivity index (χ1n) is 9.06. The molecule has 2 aliphatic heterocycles. The Kier molecular flexibility index (Phi) is 5.70. The Morgan fingerprint density at radius 1 is 1.26 bits per heavy atom. The quantitative estimate of drug-likeness (QED) is 0.703. The molecule has 0 spiro atoms. The molecule has 5 heteroatoms. The van der Waals surface area contributed by atoms with Crippen molar-refractivity contribution in [1.29, 1.82) is 0 Å². The number of carbonyl (C=O) groups excluding carboxylic acids is 2. The van der Waals surface area contributed by atoms with Gasteiger partial charge in [-0.15, -0.1) is 0 Å². The Labute approximate surface area is 138 Å². The lowest BCUT2D eigenvalue weighted by Gasteiger charge is -2.36. The standard InChI is InChI=1S/C18H28N2O3/c21-17-7-3-10-19(17)11-4-12-20(16-8-13-23-14-9-16)18(22)15-5-1-2-6-15/h1-2,15-16H,3-14H2. The van der Waals surface area contributed by atoms with E-state index in [1.807, 2.05) is 4.90 Å². The van der Waals surface area contributed by atoms with E-state index in [9.17, 15) is 9.59 Å². The molecule has 1 aliphatic carbocycles. The first-order chi connectivity index (χ1) is 11.3. The molecule has 0 bridgehead atoms. The third kappa shape index (κ3) is 4.14. The van der Waals surface area contributed by atoms with Crippen LogP contribution in [0.2, 0.25) is 0 Å². The number of rotatable bonds is 6. The van der Waals surface area contributed by atoms with E-state index in [0.29, 0.717) is 18.4 Å². The number of carbonyl (C=O) groups is 2. The Hall–Kier alpha value is -1.36. The maximum atomic E-state index is 12.9. The summed E-state index contributed by atoms with van der Waals surface area (Å²) in [5, 5.41) is 0. The van der Waals surface area contributed by atoms with Gasteiger partial charge in [0.05, 0.1) is 0 Å². The second-order valence-electron chi connectivity index (χ2n) is 6.85. The van der Waals surface area contributed by atoms with Gasteiger partial charge in [0.25, 0.3) is 0 Å². The average molecular weight is 320 g/mol. The van der Waals surface area contributed by atoms with Crippen LogP contribution in [0.25, 0.3) is 0 Å². The van der Waals surface area contributed by atoms with Crippen LogP contribution in [0, 0.1) is 5.92 Å². The molecule has 2 saturated heterocycles. The molecule has 0 atom stereocenters. The molecular formula is C18H28N2O3. The molecule has 128 valence electrons. The summed E-state index contributed by atoms with van der Waals surface area (Å²) in [6.07, 6.45) is 10.4. The van der Waals surface area contributed by atoms with Gasteiger partial charge < -0.3 is 14.5 Å². The van der Waals surface area contributed by atoms with Crippen molar-refractivity contribution in [2.24, 2.45) is 5.92 Å². The summed E-state index contributed by atoms with van der Waals surface area (Å²) < 4.78 is 5.45. The Morgan fingerprint density at radius 2 is 2.00 bits per heavy atom. The van der Waals surface area contributed by atoms with Gasteiger partial charge in [-0.25, -0.2) is 0 Å². The van der Waals surface area contributed by atoms with Crippen molar-refractivity contribution in [1.82, 2.24) is 9.80 Å². The molecule has 2 heterocycles. The lowest BCUT2D eigenvalue weighted by molar-refractivity contribution is -0.139. The third-order valence-corrected chi connectivity index (χ3v) is 5.27. The number of hydrogen-bond donors (Lipinski definition) is 0. The van der Waals surface area contributed by atoms with Gasteiger partial charge in [-0.2, -0.15) is 0 Å². The number of ether oxygens (including phenoxy) is 1. The normalized spacial score (nSPS) is 23.0. The van der Waals surface area contributed by atoms with Gasteiger partial charge in [-0.05, 0) is 38.5 Å². The molecule has 2 fully saturated rings. The van der Waals surface area contributed by atoms with E-state index in [2.05, 4.69) is 17.1 Å². The fourth-order valence-electron chi connectivity index (χ4n) is 3.90. The van der Waals surface area contributed by atoms with Gasteiger partial charge in [0.2, 0.25) is 11.8 Å². The van der Waals surface area contributed by atoms with Crippen LogP contribution in [0.15, 0.2) is 12.2 Å². The van der Waals surface area contributed by atoms with Crippen molar-refractivity contribution in [3.63, 3.8) is 0 Å². The van der Waals surface area contributed by atoms with Crippen molar-refractivity contribution in [3.05, 3.63) is 12.2 Å². The maximum Gasteiger partial charge on any atom is 0.226 e. The highest BCUT2D eigenvalue weighted by Crippen LogP contribution is 2.24. The minimum atomic E-state index is 0.131. The summed E-state index contributed by atoms with van der Waals surface area (Å²) in [6.45, 7) is 3.94. The number of likely N-dealkylation sites (tertiary alicyclic amines) is 1. The van der Waals surface area contributed by atoms with Crippen LogP contribution < -0.4 is 0 Å². The minimum Gasteiger partial charge on any atom is -0.381 e. The van der Waals surface area contributed by atoms with Gasteiger partial charge >= 0.3 is 0 Å².